The van der Waals surface area contributed by atoms with Crippen molar-refractivity contribution in [3.05, 3.63) is 29.8 Å². The summed E-state index contributed by atoms with van der Waals surface area (Å²) in [5, 5.41) is 0. The summed E-state index contributed by atoms with van der Waals surface area (Å²) >= 11 is 0. The summed E-state index contributed by atoms with van der Waals surface area (Å²) in [6.45, 7) is 10.0. The lowest BCUT2D eigenvalue weighted by molar-refractivity contribution is -0.0699. The number of rotatable bonds is 4. The van der Waals surface area contributed by atoms with Crippen molar-refractivity contribution in [3.63, 3.8) is 0 Å². The highest BCUT2D eigenvalue weighted by molar-refractivity contribution is 5.27. The maximum atomic E-state index is 5.78. The van der Waals surface area contributed by atoms with Gasteiger partial charge in [0.25, 0.3) is 0 Å². The molecule has 2 rings (SSSR count). The molecule has 1 aromatic carbocycles. The molecule has 3 nitrogen and oxygen atoms in total. The molecule has 0 aromatic heterocycles. The number of benzene rings is 1. The maximum absolute atomic E-state index is 5.78. The number of hydrogen-bond acceptors (Lipinski definition) is 3. The fraction of sp³-hybridized carbons (Fsp3) is 0.600. The Morgan fingerprint density at radius 2 is 2.00 bits per heavy atom. The smallest absolute Gasteiger partial charge is 0.119 e. The number of hydrogen-bond donors (Lipinski definition) is 0. The summed E-state index contributed by atoms with van der Waals surface area (Å²) in [7, 11) is 0. The van der Waals surface area contributed by atoms with Gasteiger partial charge in [-0.3, -0.25) is 4.90 Å². The molecule has 1 heterocycles. The van der Waals surface area contributed by atoms with Gasteiger partial charge in [-0.25, -0.2) is 0 Å². The van der Waals surface area contributed by atoms with E-state index >= 15 is 0 Å². The van der Waals surface area contributed by atoms with Gasteiger partial charge in [-0.2, -0.15) is 0 Å². The molecule has 1 aliphatic heterocycles. The van der Waals surface area contributed by atoms with E-state index in [2.05, 4.69) is 37.8 Å². The number of morpholine rings is 1. The lowest BCUT2D eigenvalue weighted by atomic mass is 10.2. The van der Waals surface area contributed by atoms with E-state index in [0.717, 1.165) is 32.0 Å². The number of ether oxygens (including phenoxy) is 2. The Morgan fingerprint density at radius 1 is 1.28 bits per heavy atom. The van der Waals surface area contributed by atoms with Crippen molar-refractivity contribution < 1.29 is 9.47 Å². The number of nitrogens with zero attached hydrogens (tertiary/aromatic N) is 1. The Balaban J connectivity index is 1.75. The molecule has 18 heavy (non-hydrogen) atoms. The first-order chi connectivity index (χ1) is 8.63. The van der Waals surface area contributed by atoms with Crippen LogP contribution in [0.15, 0.2) is 24.3 Å². The number of aryl methyl sites for hydroxylation is 1. The minimum absolute atomic E-state index is 0.327. The van der Waals surface area contributed by atoms with Crippen molar-refractivity contribution in [1.82, 2.24) is 4.90 Å². The molecule has 0 radical (unpaired) electrons. The van der Waals surface area contributed by atoms with E-state index in [4.69, 9.17) is 9.47 Å². The van der Waals surface area contributed by atoms with Crippen LogP contribution in [0, 0.1) is 6.92 Å². The first-order valence-corrected chi connectivity index (χ1v) is 6.71. The lowest BCUT2D eigenvalue weighted by Gasteiger charge is -2.35. The molecule has 1 aromatic rings. The van der Waals surface area contributed by atoms with Crippen LogP contribution in [0.4, 0.5) is 0 Å². The van der Waals surface area contributed by atoms with Crippen LogP contribution in [0.2, 0.25) is 0 Å². The molecule has 0 saturated carbocycles. The highest BCUT2D eigenvalue weighted by atomic mass is 16.5. The predicted molar refractivity (Wildman–Crippen MR) is 73.1 cm³/mol. The molecule has 0 spiro atoms. The van der Waals surface area contributed by atoms with Crippen molar-refractivity contribution >= 4 is 0 Å². The summed E-state index contributed by atoms with van der Waals surface area (Å²) in [5.41, 5.74) is 1.24. The SMILES string of the molecule is Cc1cccc(OCCN2C[C@@H](C)O[C@H](C)C2)c1. The van der Waals surface area contributed by atoms with E-state index in [9.17, 15) is 0 Å². The van der Waals surface area contributed by atoms with Crippen LogP contribution in [-0.4, -0.2) is 43.3 Å². The average molecular weight is 249 g/mol. The van der Waals surface area contributed by atoms with Crippen molar-refractivity contribution in [3.8, 4) is 5.75 Å². The fourth-order valence-electron chi connectivity index (χ4n) is 2.46. The summed E-state index contributed by atoms with van der Waals surface area (Å²) in [6.07, 6.45) is 0.653. The van der Waals surface area contributed by atoms with E-state index in [1.807, 2.05) is 12.1 Å². The Morgan fingerprint density at radius 3 is 2.67 bits per heavy atom. The molecule has 0 bridgehead atoms. The minimum atomic E-state index is 0.327. The van der Waals surface area contributed by atoms with Gasteiger partial charge in [0.1, 0.15) is 12.4 Å². The molecule has 0 unspecified atom stereocenters. The topological polar surface area (TPSA) is 21.7 Å². The maximum Gasteiger partial charge on any atom is 0.119 e. The largest absolute Gasteiger partial charge is 0.492 e. The van der Waals surface area contributed by atoms with Crippen molar-refractivity contribution in [2.24, 2.45) is 0 Å². The molecular weight excluding hydrogens is 226 g/mol. The van der Waals surface area contributed by atoms with Gasteiger partial charge in [-0.15, -0.1) is 0 Å². The van der Waals surface area contributed by atoms with Gasteiger partial charge < -0.3 is 9.47 Å². The summed E-state index contributed by atoms with van der Waals surface area (Å²) in [4.78, 5) is 2.41. The van der Waals surface area contributed by atoms with Crippen LogP contribution in [0.5, 0.6) is 5.75 Å². The molecular formula is C15H23NO2. The van der Waals surface area contributed by atoms with Crippen molar-refractivity contribution in [2.45, 2.75) is 33.0 Å². The van der Waals surface area contributed by atoms with Crippen molar-refractivity contribution in [1.29, 1.82) is 0 Å². The molecule has 3 heteroatoms. The van der Waals surface area contributed by atoms with E-state index < -0.39 is 0 Å². The third-order valence-electron chi connectivity index (χ3n) is 3.16. The Bertz CT molecular complexity index is 371. The first kappa shape index (κ1) is 13.4. The van der Waals surface area contributed by atoms with Gasteiger partial charge in [-0.05, 0) is 38.5 Å². The zero-order valence-electron chi connectivity index (χ0n) is 11.6. The molecule has 1 saturated heterocycles. The van der Waals surface area contributed by atoms with E-state index in [1.165, 1.54) is 5.56 Å². The third-order valence-corrected chi connectivity index (χ3v) is 3.16. The lowest BCUT2D eigenvalue weighted by Crippen LogP contribution is -2.46. The average Bonchev–Trinajstić information content (AvgIpc) is 2.27. The molecule has 0 aliphatic carbocycles. The second kappa shape index (κ2) is 6.21. The third kappa shape index (κ3) is 4.00. The van der Waals surface area contributed by atoms with Crippen LogP contribution in [0.3, 0.4) is 0 Å². The van der Waals surface area contributed by atoms with Gasteiger partial charge in [0.05, 0.1) is 12.2 Å². The zero-order valence-corrected chi connectivity index (χ0v) is 11.6. The van der Waals surface area contributed by atoms with E-state index in [0.29, 0.717) is 12.2 Å². The molecule has 0 amide bonds. The van der Waals surface area contributed by atoms with Crippen LogP contribution in [0.25, 0.3) is 0 Å². The molecule has 2 atom stereocenters. The summed E-state index contributed by atoms with van der Waals surface area (Å²) in [5.74, 6) is 0.962. The molecule has 0 N–H and O–H groups in total. The van der Waals surface area contributed by atoms with Crippen molar-refractivity contribution in [2.75, 3.05) is 26.2 Å². The van der Waals surface area contributed by atoms with Crippen LogP contribution in [-0.2, 0) is 4.74 Å². The van der Waals surface area contributed by atoms with Crippen LogP contribution < -0.4 is 4.74 Å². The predicted octanol–water partition coefficient (Wildman–Crippen LogP) is 2.48. The Kier molecular flexibility index (Phi) is 4.61. The first-order valence-electron chi connectivity index (χ1n) is 6.71. The van der Waals surface area contributed by atoms with Gasteiger partial charge >= 0.3 is 0 Å². The highest BCUT2D eigenvalue weighted by Crippen LogP contribution is 2.13. The monoisotopic (exact) mass is 249 g/mol. The van der Waals surface area contributed by atoms with E-state index in [-0.39, 0.29) is 0 Å². The summed E-state index contributed by atoms with van der Waals surface area (Å²) in [6, 6.07) is 8.20. The standard InChI is InChI=1S/C15H23NO2/c1-12-5-4-6-15(9-12)17-8-7-16-10-13(2)18-14(3)11-16/h4-6,9,13-14H,7-8,10-11H2,1-3H3/t13-,14-/m1/s1. The van der Waals surface area contributed by atoms with Gasteiger partial charge in [-0.1, -0.05) is 12.1 Å². The van der Waals surface area contributed by atoms with Crippen LogP contribution in [0.1, 0.15) is 19.4 Å². The molecule has 1 fully saturated rings. The Hall–Kier alpha value is -1.06. The second-order valence-electron chi connectivity index (χ2n) is 5.18. The van der Waals surface area contributed by atoms with E-state index in [1.54, 1.807) is 0 Å². The summed E-state index contributed by atoms with van der Waals surface area (Å²) < 4.78 is 11.5. The minimum Gasteiger partial charge on any atom is -0.492 e. The van der Waals surface area contributed by atoms with Gasteiger partial charge in [0.15, 0.2) is 0 Å². The fourth-order valence-corrected chi connectivity index (χ4v) is 2.46. The second-order valence-corrected chi connectivity index (χ2v) is 5.18. The molecule has 1 aliphatic rings. The van der Waals surface area contributed by atoms with Gasteiger partial charge in [0.2, 0.25) is 0 Å². The Labute approximate surface area is 110 Å². The molecule has 100 valence electrons. The van der Waals surface area contributed by atoms with Crippen LogP contribution >= 0.6 is 0 Å². The normalized spacial score (nSPS) is 25.1. The van der Waals surface area contributed by atoms with Gasteiger partial charge in [0, 0.05) is 19.6 Å². The zero-order chi connectivity index (χ0) is 13.0. The highest BCUT2D eigenvalue weighted by Gasteiger charge is 2.21. The quantitative estimate of drug-likeness (QED) is 0.818.